The van der Waals surface area contributed by atoms with Crippen molar-refractivity contribution in [1.82, 2.24) is 0 Å². The third-order valence-corrected chi connectivity index (χ3v) is 4.26. The van der Waals surface area contributed by atoms with E-state index in [1.165, 1.54) is 0 Å². The normalized spacial score (nSPS) is 31.8. The lowest BCUT2D eigenvalue weighted by molar-refractivity contribution is -0.113. The molecule has 0 unspecified atom stereocenters. The van der Waals surface area contributed by atoms with Gasteiger partial charge in [0.05, 0.1) is 12.4 Å². The first-order valence-electron chi connectivity index (χ1n) is 6.44. The second kappa shape index (κ2) is 7.51. The van der Waals surface area contributed by atoms with Gasteiger partial charge in [-0.25, -0.2) is 4.18 Å². The number of unbranched alkanes of at least 4 members (excludes halogenated alkanes) is 3. The van der Waals surface area contributed by atoms with Crippen LogP contribution < -0.4 is 0 Å². The first-order valence-corrected chi connectivity index (χ1v) is 8.02. The maximum atomic E-state index is 11.6. The van der Waals surface area contributed by atoms with Crippen LogP contribution in [0.15, 0.2) is 0 Å². The zero-order chi connectivity index (χ0) is 14.5. The topological polar surface area (TPSA) is 113 Å². The van der Waals surface area contributed by atoms with E-state index < -0.39 is 41.3 Å². The fourth-order valence-corrected chi connectivity index (χ4v) is 2.95. The van der Waals surface area contributed by atoms with Crippen LogP contribution in [0, 0.1) is 0 Å². The van der Waals surface area contributed by atoms with Gasteiger partial charge in [0.1, 0.15) is 18.3 Å². The molecule has 0 aromatic heterocycles. The Labute approximate surface area is 113 Å². The van der Waals surface area contributed by atoms with E-state index in [1.807, 2.05) is 6.92 Å². The summed E-state index contributed by atoms with van der Waals surface area (Å²) >= 11 is 0. The molecule has 3 N–H and O–H groups in total. The quantitative estimate of drug-likeness (QED) is 0.403. The molecule has 8 heteroatoms. The third kappa shape index (κ3) is 4.97. The van der Waals surface area contributed by atoms with Gasteiger partial charge in [-0.2, -0.15) is 8.42 Å². The first-order chi connectivity index (χ1) is 8.91. The fourth-order valence-electron chi connectivity index (χ4n) is 1.84. The van der Waals surface area contributed by atoms with Gasteiger partial charge in [0.2, 0.25) is 6.29 Å². The molecule has 0 amide bonds. The van der Waals surface area contributed by atoms with E-state index in [-0.39, 0.29) is 5.75 Å². The second-order valence-corrected chi connectivity index (χ2v) is 6.34. The molecule has 0 bridgehead atoms. The van der Waals surface area contributed by atoms with Crippen molar-refractivity contribution < 1.29 is 32.7 Å². The van der Waals surface area contributed by atoms with Crippen LogP contribution in [0.5, 0.6) is 0 Å². The fraction of sp³-hybridized carbons (Fsp3) is 1.00. The average Bonchev–Trinajstić information content (AvgIpc) is 2.62. The summed E-state index contributed by atoms with van der Waals surface area (Å²) < 4.78 is 32.9. The van der Waals surface area contributed by atoms with E-state index in [0.29, 0.717) is 6.42 Å². The molecule has 7 nitrogen and oxygen atoms in total. The van der Waals surface area contributed by atoms with Gasteiger partial charge in [0, 0.05) is 0 Å². The monoisotopic (exact) mass is 298 g/mol. The SMILES string of the molecule is CCCCCCS(=O)(=O)O[C@@H]1O[C@H](CO)[C@@H](O)[C@@H]1O. The molecular formula is C11H22O7S. The van der Waals surface area contributed by atoms with Crippen LogP contribution in [0.25, 0.3) is 0 Å². The molecule has 0 radical (unpaired) electrons. The summed E-state index contributed by atoms with van der Waals surface area (Å²) in [7, 11) is -3.81. The van der Waals surface area contributed by atoms with Crippen LogP contribution in [0.2, 0.25) is 0 Å². The van der Waals surface area contributed by atoms with Gasteiger partial charge in [-0.15, -0.1) is 0 Å². The number of hydrogen-bond donors (Lipinski definition) is 3. The molecule has 1 fully saturated rings. The molecule has 0 aromatic carbocycles. The van der Waals surface area contributed by atoms with Crippen molar-refractivity contribution >= 4 is 10.1 Å². The average molecular weight is 298 g/mol. The van der Waals surface area contributed by atoms with Crippen LogP contribution in [0.3, 0.4) is 0 Å². The van der Waals surface area contributed by atoms with Crippen LogP contribution in [-0.4, -0.2) is 60.7 Å². The van der Waals surface area contributed by atoms with Crippen molar-refractivity contribution in [1.29, 1.82) is 0 Å². The molecule has 114 valence electrons. The number of rotatable bonds is 8. The number of aliphatic hydroxyl groups is 3. The summed E-state index contributed by atoms with van der Waals surface area (Å²) in [5.74, 6) is -0.153. The Hall–Kier alpha value is -0.250. The van der Waals surface area contributed by atoms with Gasteiger partial charge in [-0.05, 0) is 6.42 Å². The van der Waals surface area contributed by atoms with Crippen LogP contribution in [0.1, 0.15) is 32.6 Å². The minimum absolute atomic E-state index is 0.153. The lowest BCUT2D eigenvalue weighted by atomic mass is 10.1. The largest absolute Gasteiger partial charge is 0.394 e. The van der Waals surface area contributed by atoms with Gasteiger partial charge in [-0.3, -0.25) is 0 Å². The molecule has 0 aromatic rings. The molecule has 1 rings (SSSR count). The molecule has 1 heterocycles. The number of ether oxygens (including phenoxy) is 1. The molecule has 0 spiro atoms. The molecule has 0 saturated carbocycles. The van der Waals surface area contributed by atoms with E-state index in [2.05, 4.69) is 0 Å². The zero-order valence-corrected chi connectivity index (χ0v) is 11.8. The highest BCUT2D eigenvalue weighted by molar-refractivity contribution is 7.86. The summed E-state index contributed by atoms with van der Waals surface area (Å²) in [5, 5.41) is 27.9. The van der Waals surface area contributed by atoms with E-state index >= 15 is 0 Å². The maximum Gasteiger partial charge on any atom is 0.269 e. The van der Waals surface area contributed by atoms with Crippen molar-refractivity contribution in [3.8, 4) is 0 Å². The first kappa shape index (κ1) is 16.8. The van der Waals surface area contributed by atoms with Gasteiger partial charge >= 0.3 is 0 Å². The Kier molecular flexibility index (Phi) is 6.64. The van der Waals surface area contributed by atoms with Crippen molar-refractivity contribution in [2.24, 2.45) is 0 Å². The highest BCUT2D eigenvalue weighted by Crippen LogP contribution is 2.23. The summed E-state index contributed by atoms with van der Waals surface area (Å²) in [6.45, 7) is 1.50. The van der Waals surface area contributed by atoms with Crippen LogP contribution in [0.4, 0.5) is 0 Å². The molecule has 1 aliphatic heterocycles. The highest BCUT2D eigenvalue weighted by atomic mass is 32.2. The number of aliphatic hydroxyl groups excluding tert-OH is 3. The standard InChI is InChI=1S/C11H22O7S/c1-2-3-4-5-6-19(15,16)18-11-10(14)9(13)8(7-12)17-11/h8-14H,2-7H2,1H3/t8-,9-,10+,11+/m1/s1. The van der Waals surface area contributed by atoms with Crippen LogP contribution >= 0.6 is 0 Å². The van der Waals surface area contributed by atoms with E-state index in [1.54, 1.807) is 0 Å². The highest BCUT2D eigenvalue weighted by Gasteiger charge is 2.45. The summed E-state index contributed by atoms with van der Waals surface area (Å²) in [4.78, 5) is 0. The van der Waals surface area contributed by atoms with Crippen molar-refractivity contribution in [3.63, 3.8) is 0 Å². The Morgan fingerprint density at radius 1 is 1.16 bits per heavy atom. The van der Waals surface area contributed by atoms with E-state index in [4.69, 9.17) is 14.0 Å². The Bertz CT molecular complexity index is 356. The lowest BCUT2D eigenvalue weighted by Crippen LogP contribution is -2.35. The Morgan fingerprint density at radius 3 is 2.37 bits per heavy atom. The molecule has 1 saturated heterocycles. The van der Waals surface area contributed by atoms with Gasteiger partial charge in [0.15, 0.2) is 0 Å². The maximum absolute atomic E-state index is 11.6. The Morgan fingerprint density at radius 2 is 1.84 bits per heavy atom. The molecular weight excluding hydrogens is 276 g/mol. The van der Waals surface area contributed by atoms with Gasteiger partial charge < -0.3 is 20.1 Å². The predicted molar refractivity (Wildman–Crippen MR) is 66.8 cm³/mol. The molecule has 19 heavy (non-hydrogen) atoms. The Balaban J connectivity index is 2.45. The van der Waals surface area contributed by atoms with Gasteiger partial charge in [0.25, 0.3) is 10.1 Å². The lowest BCUT2D eigenvalue weighted by Gasteiger charge is -2.15. The molecule has 0 aliphatic carbocycles. The predicted octanol–water partition coefficient (Wildman–Crippen LogP) is -0.648. The van der Waals surface area contributed by atoms with E-state index in [0.717, 1.165) is 19.3 Å². The second-order valence-electron chi connectivity index (χ2n) is 4.63. The van der Waals surface area contributed by atoms with E-state index in [9.17, 15) is 18.6 Å². The minimum Gasteiger partial charge on any atom is -0.394 e. The number of hydrogen-bond acceptors (Lipinski definition) is 7. The van der Waals surface area contributed by atoms with Crippen molar-refractivity contribution in [3.05, 3.63) is 0 Å². The zero-order valence-electron chi connectivity index (χ0n) is 10.9. The van der Waals surface area contributed by atoms with Crippen molar-refractivity contribution in [2.45, 2.75) is 57.2 Å². The minimum atomic E-state index is -3.81. The third-order valence-electron chi connectivity index (χ3n) is 2.99. The van der Waals surface area contributed by atoms with Crippen molar-refractivity contribution in [2.75, 3.05) is 12.4 Å². The van der Waals surface area contributed by atoms with Crippen LogP contribution in [-0.2, 0) is 19.0 Å². The summed E-state index contributed by atoms with van der Waals surface area (Å²) in [6.07, 6.45) is -2.12. The smallest absolute Gasteiger partial charge is 0.269 e. The summed E-state index contributed by atoms with van der Waals surface area (Å²) in [5.41, 5.74) is 0. The summed E-state index contributed by atoms with van der Waals surface area (Å²) in [6, 6.07) is 0. The van der Waals surface area contributed by atoms with Gasteiger partial charge in [-0.1, -0.05) is 26.2 Å². The molecule has 1 aliphatic rings. The molecule has 4 atom stereocenters.